The molecule has 0 radical (unpaired) electrons. The molecule has 1 aromatic carbocycles. The fourth-order valence-corrected chi connectivity index (χ4v) is 2.45. The molecule has 0 aliphatic carbocycles. The summed E-state index contributed by atoms with van der Waals surface area (Å²) < 4.78 is 4.88. The van der Waals surface area contributed by atoms with Gasteiger partial charge in [-0.2, -0.15) is 0 Å². The van der Waals surface area contributed by atoms with Crippen molar-refractivity contribution in [2.45, 2.75) is 20.3 Å². The quantitative estimate of drug-likeness (QED) is 0.917. The average molecular weight is 285 g/mol. The van der Waals surface area contributed by atoms with Gasteiger partial charge in [-0.05, 0) is 31.0 Å². The summed E-state index contributed by atoms with van der Waals surface area (Å²) in [6, 6.07) is 7.15. The molecule has 21 heavy (non-hydrogen) atoms. The van der Waals surface area contributed by atoms with Crippen LogP contribution in [0.15, 0.2) is 28.8 Å². The highest BCUT2D eigenvalue weighted by Gasteiger charge is 2.22. The average Bonchev–Trinajstić information content (AvgIpc) is 3.04. The minimum absolute atomic E-state index is 0.00403. The molecular formula is C15H15N3O3. The molecule has 6 nitrogen and oxygen atoms in total. The minimum Gasteiger partial charge on any atom is -0.361 e. The summed E-state index contributed by atoms with van der Waals surface area (Å²) in [7, 11) is 0. The van der Waals surface area contributed by atoms with Gasteiger partial charge < -0.3 is 14.7 Å². The van der Waals surface area contributed by atoms with Crippen molar-refractivity contribution in [1.29, 1.82) is 0 Å². The molecule has 0 spiro atoms. The number of benzene rings is 1. The first kappa shape index (κ1) is 13.4. The van der Waals surface area contributed by atoms with Crippen LogP contribution in [-0.2, 0) is 11.2 Å². The van der Waals surface area contributed by atoms with Gasteiger partial charge >= 0.3 is 0 Å². The Hall–Kier alpha value is -2.63. The number of hydrogen-bond donors (Lipinski definition) is 1. The second-order valence-electron chi connectivity index (χ2n) is 5.04. The van der Waals surface area contributed by atoms with Crippen LogP contribution in [-0.4, -0.2) is 23.5 Å². The van der Waals surface area contributed by atoms with E-state index in [0.29, 0.717) is 18.0 Å². The lowest BCUT2D eigenvalue weighted by molar-refractivity contribution is -0.116. The van der Waals surface area contributed by atoms with Gasteiger partial charge in [0.15, 0.2) is 5.69 Å². The Morgan fingerprint density at radius 3 is 2.81 bits per heavy atom. The highest BCUT2D eigenvalue weighted by molar-refractivity contribution is 6.03. The summed E-state index contributed by atoms with van der Waals surface area (Å²) in [6.07, 6.45) is 0.839. The van der Waals surface area contributed by atoms with E-state index in [1.165, 1.54) is 0 Å². The normalized spacial score (nSPS) is 13.1. The van der Waals surface area contributed by atoms with Crippen LogP contribution in [0, 0.1) is 6.92 Å². The highest BCUT2D eigenvalue weighted by atomic mass is 16.5. The molecule has 0 saturated heterocycles. The Bertz CT molecular complexity index is 721. The molecule has 0 unspecified atom stereocenters. The maximum Gasteiger partial charge on any atom is 0.277 e. The first-order valence-electron chi connectivity index (χ1n) is 6.70. The smallest absolute Gasteiger partial charge is 0.277 e. The number of hydrogen-bond acceptors (Lipinski definition) is 4. The van der Waals surface area contributed by atoms with E-state index in [-0.39, 0.29) is 17.5 Å². The number of carbonyl (C=O) groups excluding carboxylic acids is 2. The van der Waals surface area contributed by atoms with Gasteiger partial charge in [-0.3, -0.25) is 9.59 Å². The molecule has 1 aliphatic heterocycles. The highest BCUT2D eigenvalue weighted by Crippen LogP contribution is 2.31. The van der Waals surface area contributed by atoms with Crippen LogP contribution in [0.4, 0.5) is 11.4 Å². The maximum absolute atomic E-state index is 12.0. The number of fused-ring (bicyclic) bond motifs is 1. The molecule has 2 amide bonds. The van der Waals surface area contributed by atoms with E-state index in [4.69, 9.17) is 4.52 Å². The van der Waals surface area contributed by atoms with Gasteiger partial charge in [0.05, 0.1) is 0 Å². The van der Waals surface area contributed by atoms with Gasteiger partial charge in [0.2, 0.25) is 5.91 Å². The summed E-state index contributed by atoms with van der Waals surface area (Å²) in [5.74, 6) is 0.250. The van der Waals surface area contributed by atoms with Crippen molar-refractivity contribution >= 4 is 23.2 Å². The number of anilines is 2. The van der Waals surface area contributed by atoms with Crippen LogP contribution in [0.5, 0.6) is 0 Å². The van der Waals surface area contributed by atoms with Crippen LogP contribution in [0.25, 0.3) is 0 Å². The molecule has 108 valence electrons. The van der Waals surface area contributed by atoms with Gasteiger partial charge in [0, 0.05) is 30.9 Å². The van der Waals surface area contributed by atoms with Gasteiger partial charge in [-0.1, -0.05) is 11.2 Å². The van der Waals surface area contributed by atoms with E-state index in [2.05, 4.69) is 10.5 Å². The molecule has 1 aromatic heterocycles. The summed E-state index contributed by atoms with van der Waals surface area (Å²) in [4.78, 5) is 25.3. The molecule has 6 heteroatoms. The predicted molar refractivity (Wildman–Crippen MR) is 77.4 cm³/mol. The second kappa shape index (κ2) is 5.05. The number of amides is 2. The lowest BCUT2D eigenvalue weighted by atomic mass is 10.1. The van der Waals surface area contributed by atoms with E-state index < -0.39 is 0 Å². The maximum atomic E-state index is 12.0. The monoisotopic (exact) mass is 285 g/mol. The third-order valence-corrected chi connectivity index (χ3v) is 3.48. The minimum atomic E-state index is -0.334. The first-order chi connectivity index (χ1) is 10.0. The molecule has 2 heterocycles. The Balaban J connectivity index is 1.83. The van der Waals surface area contributed by atoms with Crippen molar-refractivity contribution in [3.05, 3.63) is 41.3 Å². The third-order valence-electron chi connectivity index (χ3n) is 3.48. The van der Waals surface area contributed by atoms with Crippen molar-refractivity contribution in [2.24, 2.45) is 0 Å². The lowest BCUT2D eigenvalue weighted by Crippen LogP contribution is -2.25. The first-order valence-corrected chi connectivity index (χ1v) is 6.70. The third kappa shape index (κ3) is 2.52. The Morgan fingerprint density at radius 2 is 2.14 bits per heavy atom. The summed E-state index contributed by atoms with van der Waals surface area (Å²) >= 11 is 0. The molecular weight excluding hydrogens is 270 g/mol. The van der Waals surface area contributed by atoms with E-state index in [1.807, 2.05) is 18.2 Å². The van der Waals surface area contributed by atoms with Gasteiger partial charge in [0.1, 0.15) is 5.76 Å². The fraction of sp³-hybridized carbons (Fsp3) is 0.267. The number of rotatable bonds is 2. The van der Waals surface area contributed by atoms with Crippen molar-refractivity contribution < 1.29 is 14.1 Å². The van der Waals surface area contributed by atoms with Crippen LogP contribution in [0.1, 0.15) is 28.7 Å². The van der Waals surface area contributed by atoms with E-state index in [1.54, 1.807) is 24.8 Å². The summed E-state index contributed by atoms with van der Waals surface area (Å²) in [6.45, 7) is 3.95. The Kier molecular flexibility index (Phi) is 3.21. The van der Waals surface area contributed by atoms with Crippen LogP contribution in [0.3, 0.4) is 0 Å². The molecule has 0 fully saturated rings. The number of aromatic nitrogens is 1. The van der Waals surface area contributed by atoms with E-state index in [9.17, 15) is 9.59 Å². The molecule has 0 bridgehead atoms. The molecule has 0 saturated carbocycles. The summed E-state index contributed by atoms with van der Waals surface area (Å²) in [5, 5.41) is 6.44. The molecule has 2 aromatic rings. The standard InChI is InChI=1S/C15H15N3O3/c1-9-7-13(17-21-9)15(20)16-12-4-3-11-5-6-18(10(2)19)14(11)8-12/h3-4,7-8H,5-6H2,1-2H3,(H,16,20). The largest absolute Gasteiger partial charge is 0.361 e. The molecule has 3 rings (SSSR count). The van der Waals surface area contributed by atoms with Crippen molar-refractivity contribution in [3.63, 3.8) is 0 Å². The van der Waals surface area contributed by atoms with Crippen molar-refractivity contribution in [3.8, 4) is 0 Å². The topological polar surface area (TPSA) is 75.4 Å². The lowest BCUT2D eigenvalue weighted by Gasteiger charge is -2.15. The number of nitrogens with one attached hydrogen (secondary N) is 1. The Labute approximate surface area is 121 Å². The van der Waals surface area contributed by atoms with Gasteiger partial charge in [-0.15, -0.1) is 0 Å². The SMILES string of the molecule is CC(=O)N1CCc2ccc(NC(=O)c3cc(C)on3)cc21. The molecule has 1 aliphatic rings. The van der Waals surface area contributed by atoms with Crippen LogP contribution >= 0.6 is 0 Å². The Morgan fingerprint density at radius 1 is 1.33 bits per heavy atom. The molecule has 1 N–H and O–H groups in total. The van der Waals surface area contributed by atoms with Crippen molar-refractivity contribution in [1.82, 2.24) is 5.16 Å². The zero-order chi connectivity index (χ0) is 15.0. The fourth-order valence-electron chi connectivity index (χ4n) is 2.45. The zero-order valence-electron chi connectivity index (χ0n) is 11.8. The zero-order valence-corrected chi connectivity index (χ0v) is 11.8. The second-order valence-corrected chi connectivity index (χ2v) is 5.04. The van der Waals surface area contributed by atoms with Gasteiger partial charge in [0.25, 0.3) is 5.91 Å². The van der Waals surface area contributed by atoms with Gasteiger partial charge in [-0.25, -0.2) is 0 Å². The molecule has 0 atom stereocenters. The number of nitrogens with zero attached hydrogens (tertiary/aromatic N) is 2. The van der Waals surface area contributed by atoms with Crippen LogP contribution < -0.4 is 10.2 Å². The summed E-state index contributed by atoms with van der Waals surface area (Å²) in [5.41, 5.74) is 2.83. The van der Waals surface area contributed by atoms with Crippen molar-refractivity contribution in [2.75, 3.05) is 16.8 Å². The van der Waals surface area contributed by atoms with E-state index >= 15 is 0 Å². The number of carbonyl (C=O) groups is 2. The number of aryl methyl sites for hydroxylation is 1. The van der Waals surface area contributed by atoms with E-state index in [0.717, 1.165) is 17.7 Å². The van der Waals surface area contributed by atoms with Crippen LogP contribution in [0.2, 0.25) is 0 Å². The predicted octanol–water partition coefficient (Wildman–Crippen LogP) is 2.14.